The number of alkyl halides is 3. The zero-order chi connectivity index (χ0) is 23.6. The molecule has 0 aliphatic carbocycles. The maximum Gasteiger partial charge on any atom is 0.417 e. The number of hydrogen-bond acceptors (Lipinski definition) is 6. The van der Waals surface area contributed by atoms with E-state index in [-0.39, 0.29) is 27.6 Å². The highest BCUT2D eigenvalue weighted by atomic mass is 35.5. The Morgan fingerprint density at radius 2 is 2.00 bits per heavy atom. The van der Waals surface area contributed by atoms with E-state index in [1.54, 1.807) is 4.57 Å². The number of carbonyl (C=O) groups excluding carboxylic acids is 1. The number of nitrogens with two attached hydrogens (primary N) is 1. The van der Waals surface area contributed by atoms with Crippen molar-refractivity contribution in [3.05, 3.63) is 51.9 Å². The zero-order valence-electron chi connectivity index (χ0n) is 16.7. The second kappa shape index (κ2) is 9.55. The van der Waals surface area contributed by atoms with Gasteiger partial charge >= 0.3 is 6.18 Å². The molecule has 0 spiro atoms. The Labute approximate surface area is 195 Å². The lowest BCUT2D eigenvalue weighted by atomic mass is 10.2. The molecule has 0 fully saturated rings. The van der Waals surface area contributed by atoms with Gasteiger partial charge in [0, 0.05) is 17.1 Å². The van der Waals surface area contributed by atoms with Crippen LogP contribution in [-0.2, 0) is 6.18 Å². The van der Waals surface area contributed by atoms with Crippen molar-refractivity contribution in [1.82, 2.24) is 19.7 Å². The minimum atomic E-state index is -4.59. The largest absolute Gasteiger partial charge is 0.417 e. The molecule has 3 aromatic rings. The Kier molecular flexibility index (Phi) is 7.21. The van der Waals surface area contributed by atoms with Gasteiger partial charge in [0.25, 0.3) is 5.91 Å². The van der Waals surface area contributed by atoms with E-state index in [2.05, 4.69) is 19.9 Å². The Morgan fingerprint density at radius 3 is 2.62 bits per heavy atom. The summed E-state index contributed by atoms with van der Waals surface area (Å²) in [6, 6.07) is 4.91. The van der Waals surface area contributed by atoms with Crippen molar-refractivity contribution in [2.75, 3.05) is 4.72 Å². The maximum atomic E-state index is 13.2. The fourth-order valence-electron chi connectivity index (χ4n) is 2.82. The van der Waals surface area contributed by atoms with Crippen LogP contribution < -0.4 is 10.5 Å². The smallest absolute Gasteiger partial charge is 0.363 e. The summed E-state index contributed by atoms with van der Waals surface area (Å²) < 4.78 is 44.0. The van der Waals surface area contributed by atoms with Gasteiger partial charge in [-0.3, -0.25) is 9.36 Å². The summed E-state index contributed by atoms with van der Waals surface area (Å²) in [5.74, 6) is -0.514. The molecule has 170 valence electrons. The SMILES string of the molecule is CCC(C)n1c(C(N)=O)nnc1-c1ncc(Cl)cc1NSc1ccc(Cl)c(C(F)(F)F)c1. The fourth-order valence-corrected chi connectivity index (χ4v) is 3.89. The van der Waals surface area contributed by atoms with Gasteiger partial charge in [0.15, 0.2) is 5.82 Å². The highest BCUT2D eigenvalue weighted by molar-refractivity contribution is 8.00. The third-order valence-electron chi connectivity index (χ3n) is 4.54. The molecular weight excluding hydrogens is 488 g/mol. The second-order valence-corrected chi connectivity index (χ2v) is 8.46. The Morgan fingerprint density at radius 1 is 1.28 bits per heavy atom. The van der Waals surface area contributed by atoms with Crippen LogP contribution in [-0.4, -0.2) is 25.7 Å². The molecular formula is C19H17Cl2F3N6OS. The van der Waals surface area contributed by atoms with Crippen molar-refractivity contribution >= 4 is 46.7 Å². The summed E-state index contributed by atoms with van der Waals surface area (Å²) in [6.07, 6.45) is -2.55. The summed E-state index contributed by atoms with van der Waals surface area (Å²) in [4.78, 5) is 16.4. The van der Waals surface area contributed by atoms with Crippen LogP contribution in [0.2, 0.25) is 10.0 Å². The average Bonchev–Trinajstić information content (AvgIpc) is 3.17. The van der Waals surface area contributed by atoms with E-state index in [1.807, 2.05) is 13.8 Å². The molecule has 0 saturated heterocycles. The summed E-state index contributed by atoms with van der Waals surface area (Å²) in [5, 5.41) is 7.84. The summed E-state index contributed by atoms with van der Waals surface area (Å²) in [5.41, 5.74) is 5.14. The molecule has 13 heteroatoms. The fraction of sp³-hybridized carbons (Fsp3) is 0.263. The van der Waals surface area contributed by atoms with Crippen LogP contribution >= 0.6 is 35.1 Å². The zero-order valence-corrected chi connectivity index (χ0v) is 19.1. The Balaban J connectivity index is 2.00. The number of nitrogens with one attached hydrogen (secondary N) is 1. The first kappa shape index (κ1) is 24.1. The lowest BCUT2D eigenvalue weighted by Gasteiger charge is -2.17. The number of primary amides is 1. The molecule has 0 saturated carbocycles. The van der Waals surface area contributed by atoms with Gasteiger partial charge in [-0.05, 0) is 49.6 Å². The molecule has 1 aromatic carbocycles. The van der Waals surface area contributed by atoms with Crippen molar-refractivity contribution in [2.24, 2.45) is 5.73 Å². The first-order chi connectivity index (χ1) is 15.0. The summed E-state index contributed by atoms with van der Waals surface area (Å²) in [7, 11) is 0. The Bertz CT molecular complexity index is 1150. The number of anilines is 1. The van der Waals surface area contributed by atoms with Crippen LogP contribution in [0.4, 0.5) is 18.9 Å². The molecule has 3 N–H and O–H groups in total. The first-order valence-electron chi connectivity index (χ1n) is 9.23. The molecule has 1 amide bonds. The third kappa shape index (κ3) is 5.11. The molecule has 1 atom stereocenters. The van der Waals surface area contributed by atoms with E-state index in [0.29, 0.717) is 17.8 Å². The number of pyridine rings is 1. The van der Waals surface area contributed by atoms with Crippen LogP contribution in [0.1, 0.15) is 42.5 Å². The van der Waals surface area contributed by atoms with Crippen LogP contribution in [0.5, 0.6) is 0 Å². The van der Waals surface area contributed by atoms with Gasteiger partial charge < -0.3 is 10.5 Å². The minimum absolute atomic E-state index is 0.0303. The van der Waals surface area contributed by atoms with E-state index in [4.69, 9.17) is 28.9 Å². The summed E-state index contributed by atoms with van der Waals surface area (Å²) >= 11 is 12.7. The standard InChI is InChI=1S/C19H17Cl2F3N6OS/c1-3-9(2)30-17(27-28-18(30)16(25)31)15-14(6-10(20)8-26-15)29-32-11-4-5-13(21)12(7-11)19(22,23)24/h4-9,29H,3H2,1-2H3,(H2,25,31). The lowest BCUT2D eigenvalue weighted by Crippen LogP contribution is -2.20. The second-order valence-electron chi connectivity index (χ2n) is 6.73. The predicted molar refractivity (Wildman–Crippen MR) is 118 cm³/mol. The normalized spacial score (nSPS) is 12.6. The minimum Gasteiger partial charge on any atom is -0.363 e. The number of halogens is 5. The quantitative estimate of drug-likeness (QED) is 0.391. The van der Waals surface area contributed by atoms with Gasteiger partial charge in [-0.25, -0.2) is 4.98 Å². The number of hydrogen-bond donors (Lipinski definition) is 2. The van der Waals surface area contributed by atoms with Crippen LogP contribution in [0.15, 0.2) is 35.4 Å². The molecule has 2 heterocycles. The molecule has 3 rings (SSSR count). The lowest BCUT2D eigenvalue weighted by molar-refractivity contribution is -0.137. The van der Waals surface area contributed by atoms with E-state index in [9.17, 15) is 18.0 Å². The van der Waals surface area contributed by atoms with Crippen LogP contribution in [0.3, 0.4) is 0 Å². The molecule has 2 aromatic heterocycles. The maximum absolute atomic E-state index is 13.2. The number of nitrogens with zero attached hydrogens (tertiary/aromatic N) is 4. The highest BCUT2D eigenvalue weighted by Crippen LogP contribution is 2.38. The number of benzene rings is 1. The van der Waals surface area contributed by atoms with Gasteiger partial charge in [0.2, 0.25) is 5.82 Å². The van der Waals surface area contributed by atoms with Crippen molar-refractivity contribution < 1.29 is 18.0 Å². The van der Waals surface area contributed by atoms with Gasteiger partial charge in [0.05, 0.1) is 21.3 Å². The first-order valence-corrected chi connectivity index (χ1v) is 10.8. The van der Waals surface area contributed by atoms with E-state index in [1.165, 1.54) is 24.4 Å². The van der Waals surface area contributed by atoms with Crippen molar-refractivity contribution in [1.29, 1.82) is 0 Å². The predicted octanol–water partition coefficient (Wildman–Crippen LogP) is 5.85. The number of amides is 1. The highest BCUT2D eigenvalue weighted by Gasteiger charge is 2.33. The van der Waals surface area contributed by atoms with Gasteiger partial charge in [-0.15, -0.1) is 10.2 Å². The van der Waals surface area contributed by atoms with E-state index in [0.717, 1.165) is 18.0 Å². The molecule has 32 heavy (non-hydrogen) atoms. The number of rotatable bonds is 7. The van der Waals surface area contributed by atoms with Gasteiger partial charge in [0.1, 0.15) is 5.69 Å². The molecule has 0 aliphatic heterocycles. The molecule has 0 aliphatic rings. The Hall–Kier alpha value is -2.50. The van der Waals surface area contributed by atoms with Gasteiger partial charge in [-0.1, -0.05) is 30.1 Å². The van der Waals surface area contributed by atoms with Crippen molar-refractivity contribution in [3.63, 3.8) is 0 Å². The third-order valence-corrected chi connectivity index (χ3v) is 5.88. The number of aromatic nitrogens is 4. The summed E-state index contributed by atoms with van der Waals surface area (Å²) in [6.45, 7) is 3.78. The van der Waals surface area contributed by atoms with E-state index >= 15 is 0 Å². The molecule has 7 nitrogen and oxygen atoms in total. The van der Waals surface area contributed by atoms with Gasteiger partial charge in [-0.2, -0.15) is 13.2 Å². The monoisotopic (exact) mass is 504 g/mol. The van der Waals surface area contributed by atoms with Crippen LogP contribution in [0, 0.1) is 0 Å². The molecule has 1 unspecified atom stereocenters. The number of carbonyl (C=O) groups is 1. The molecule has 0 bridgehead atoms. The van der Waals surface area contributed by atoms with Crippen molar-refractivity contribution in [2.45, 2.75) is 37.4 Å². The van der Waals surface area contributed by atoms with Crippen LogP contribution in [0.25, 0.3) is 11.5 Å². The molecule has 0 radical (unpaired) electrons. The topological polar surface area (TPSA) is 98.7 Å². The average molecular weight is 505 g/mol. The van der Waals surface area contributed by atoms with Crippen molar-refractivity contribution in [3.8, 4) is 11.5 Å². The van der Waals surface area contributed by atoms with E-state index < -0.39 is 22.7 Å².